The molecule has 0 saturated heterocycles. The quantitative estimate of drug-likeness (QED) is 0.723. The summed E-state index contributed by atoms with van der Waals surface area (Å²) in [6, 6.07) is 10.3. The van der Waals surface area contributed by atoms with Crippen molar-refractivity contribution in [3.8, 4) is 0 Å². The molecule has 1 N–H and O–H groups in total. The Hall–Kier alpha value is -2.61. The number of hydrogen-bond acceptors (Lipinski definition) is 4. The fraction of sp³-hybridized carbons (Fsp3) is 0.316. The third-order valence-corrected chi connectivity index (χ3v) is 4.34. The van der Waals surface area contributed by atoms with Gasteiger partial charge >= 0.3 is 0 Å². The van der Waals surface area contributed by atoms with Crippen molar-refractivity contribution in [2.45, 2.75) is 13.5 Å². The molecule has 0 aliphatic rings. The topological polar surface area (TPSA) is 82.9 Å². The van der Waals surface area contributed by atoms with E-state index in [-0.39, 0.29) is 24.1 Å². The van der Waals surface area contributed by atoms with Crippen LogP contribution in [0.15, 0.2) is 45.5 Å². The monoisotopic (exact) mass is 435 g/mol. The first-order chi connectivity index (χ1) is 12.8. The van der Waals surface area contributed by atoms with Gasteiger partial charge in [-0.15, -0.1) is 0 Å². The normalized spacial score (nSPS) is 10.4. The molecule has 0 atom stereocenters. The average molecular weight is 436 g/mol. The lowest BCUT2D eigenvalue weighted by atomic mass is 10.1. The minimum atomic E-state index is -0.448. The van der Waals surface area contributed by atoms with Crippen molar-refractivity contribution in [1.29, 1.82) is 0 Å². The van der Waals surface area contributed by atoms with E-state index in [1.165, 1.54) is 11.0 Å². The van der Waals surface area contributed by atoms with Crippen LogP contribution in [0.2, 0.25) is 0 Å². The molecule has 0 unspecified atom stereocenters. The molecule has 1 aromatic carbocycles. The van der Waals surface area contributed by atoms with Crippen LogP contribution in [0.3, 0.4) is 0 Å². The second-order valence-corrected chi connectivity index (χ2v) is 6.87. The molecule has 0 aliphatic carbocycles. The summed E-state index contributed by atoms with van der Waals surface area (Å²) in [5.74, 6) is -0.585. The lowest BCUT2D eigenvalue weighted by Crippen LogP contribution is -2.39. The Labute approximate surface area is 166 Å². The summed E-state index contributed by atoms with van der Waals surface area (Å²) < 4.78 is 5.61. The minimum Gasteiger partial charge on any atom is -0.444 e. The summed E-state index contributed by atoms with van der Waals surface area (Å²) in [6.07, 6.45) is 0. The Bertz CT molecular complexity index is 815. The van der Waals surface area contributed by atoms with Gasteiger partial charge in [-0.25, -0.2) is 0 Å². The summed E-state index contributed by atoms with van der Waals surface area (Å²) in [5, 5.41) is 2.55. The summed E-state index contributed by atoms with van der Waals surface area (Å²) in [7, 11) is 3.40. The van der Waals surface area contributed by atoms with Crippen LogP contribution in [0.4, 0.5) is 0 Å². The molecular formula is C19H22BrN3O4. The van der Waals surface area contributed by atoms with Crippen LogP contribution < -0.4 is 5.32 Å². The van der Waals surface area contributed by atoms with Crippen molar-refractivity contribution in [1.82, 2.24) is 15.1 Å². The second kappa shape index (κ2) is 9.36. The number of benzene rings is 1. The van der Waals surface area contributed by atoms with Gasteiger partial charge in [-0.05, 0) is 52.7 Å². The van der Waals surface area contributed by atoms with Crippen molar-refractivity contribution >= 4 is 33.7 Å². The van der Waals surface area contributed by atoms with Crippen molar-refractivity contribution in [2.24, 2.45) is 0 Å². The maximum absolute atomic E-state index is 12.4. The van der Waals surface area contributed by atoms with Crippen LogP contribution in [0, 0.1) is 0 Å². The zero-order valence-corrected chi connectivity index (χ0v) is 17.1. The average Bonchev–Trinajstić information content (AvgIpc) is 3.10. The number of nitrogens with one attached hydrogen (secondary N) is 1. The molecule has 1 heterocycles. The number of likely N-dealkylation sites (N-methyl/N-ethyl adjacent to an activating group) is 1. The Morgan fingerprint density at radius 1 is 1.07 bits per heavy atom. The van der Waals surface area contributed by atoms with E-state index in [0.29, 0.717) is 23.3 Å². The molecule has 144 valence electrons. The van der Waals surface area contributed by atoms with Gasteiger partial charge in [0.15, 0.2) is 10.4 Å². The molecule has 0 saturated carbocycles. The lowest BCUT2D eigenvalue weighted by Gasteiger charge is -2.21. The zero-order chi connectivity index (χ0) is 20.0. The maximum atomic E-state index is 12.4. The van der Waals surface area contributed by atoms with Gasteiger partial charge in [-0.3, -0.25) is 14.4 Å². The highest BCUT2D eigenvalue weighted by Crippen LogP contribution is 2.14. The fourth-order valence-electron chi connectivity index (χ4n) is 2.40. The zero-order valence-electron chi connectivity index (χ0n) is 15.5. The van der Waals surface area contributed by atoms with E-state index in [9.17, 15) is 14.4 Å². The van der Waals surface area contributed by atoms with E-state index in [1.807, 2.05) is 19.1 Å². The summed E-state index contributed by atoms with van der Waals surface area (Å²) in [6.45, 7) is 2.64. The predicted molar refractivity (Wildman–Crippen MR) is 104 cm³/mol. The van der Waals surface area contributed by atoms with E-state index >= 15 is 0 Å². The van der Waals surface area contributed by atoms with Crippen molar-refractivity contribution in [2.75, 3.05) is 27.2 Å². The lowest BCUT2D eigenvalue weighted by molar-refractivity contribution is -0.130. The molecule has 8 heteroatoms. The Morgan fingerprint density at radius 3 is 2.26 bits per heavy atom. The molecule has 1 aromatic heterocycles. The minimum absolute atomic E-state index is 0.0720. The number of halogens is 1. The van der Waals surface area contributed by atoms with Gasteiger partial charge in [-0.2, -0.15) is 0 Å². The van der Waals surface area contributed by atoms with Crippen molar-refractivity contribution < 1.29 is 18.8 Å². The Balaban J connectivity index is 1.92. The molecule has 0 spiro atoms. The molecule has 3 amide bonds. The number of carbonyl (C=O) groups is 3. The Kier molecular flexibility index (Phi) is 7.18. The summed E-state index contributed by atoms with van der Waals surface area (Å²) in [4.78, 5) is 39.4. The molecule has 0 radical (unpaired) electrons. The first-order valence-electron chi connectivity index (χ1n) is 8.43. The molecule has 2 aromatic rings. The predicted octanol–water partition coefficient (Wildman–Crippen LogP) is 2.52. The standard InChI is InChI=1S/C19H22BrN3O4/c1-4-23(12-13-5-7-14(8-6-13)19(26)22(2)3)17(24)11-21-18(25)15-9-10-16(20)27-15/h5-10H,4,11-12H2,1-3H3,(H,21,25). The smallest absolute Gasteiger partial charge is 0.287 e. The van der Waals surface area contributed by atoms with Crippen LogP contribution >= 0.6 is 15.9 Å². The van der Waals surface area contributed by atoms with Crippen molar-refractivity contribution in [3.05, 3.63) is 58.0 Å². The van der Waals surface area contributed by atoms with E-state index in [1.54, 1.807) is 37.2 Å². The highest BCUT2D eigenvalue weighted by Gasteiger charge is 2.16. The van der Waals surface area contributed by atoms with E-state index in [2.05, 4.69) is 21.2 Å². The van der Waals surface area contributed by atoms with Gasteiger partial charge in [0.25, 0.3) is 11.8 Å². The van der Waals surface area contributed by atoms with E-state index < -0.39 is 5.91 Å². The number of hydrogen-bond donors (Lipinski definition) is 1. The van der Waals surface area contributed by atoms with E-state index in [4.69, 9.17) is 4.42 Å². The van der Waals surface area contributed by atoms with Crippen LogP contribution in [0.1, 0.15) is 33.4 Å². The molecule has 27 heavy (non-hydrogen) atoms. The molecular weight excluding hydrogens is 414 g/mol. The van der Waals surface area contributed by atoms with Crippen molar-refractivity contribution in [3.63, 3.8) is 0 Å². The Morgan fingerprint density at radius 2 is 1.74 bits per heavy atom. The SMILES string of the molecule is CCN(Cc1ccc(C(=O)N(C)C)cc1)C(=O)CNC(=O)c1ccc(Br)o1. The number of rotatable bonds is 7. The van der Waals surface area contributed by atoms with Crippen LogP contribution in [0.25, 0.3) is 0 Å². The summed E-state index contributed by atoms with van der Waals surface area (Å²) in [5.41, 5.74) is 1.50. The van der Waals surface area contributed by atoms with Gasteiger partial charge < -0.3 is 19.5 Å². The van der Waals surface area contributed by atoms with Crippen LogP contribution in [0.5, 0.6) is 0 Å². The van der Waals surface area contributed by atoms with Gasteiger partial charge in [0.05, 0.1) is 6.54 Å². The van der Waals surface area contributed by atoms with E-state index in [0.717, 1.165) is 5.56 Å². The summed E-state index contributed by atoms with van der Waals surface area (Å²) >= 11 is 3.13. The highest BCUT2D eigenvalue weighted by molar-refractivity contribution is 9.10. The number of nitrogens with zero attached hydrogens (tertiary/aromatic N) is 2. The van der Waals surface area contributed by atoms with Gasteiger partial charge in [0.1, 0.15) is 0 Å². The number of amides is 3. The van der Waals surface area contributed by atoms with Gasteiger partial charge in [0, 0.05) is 32.7 Å². The van der Waals surface area contributed by atoms with Gasteiger partial charge in [-0.1, -0.05) is 12.1 Å². The fourth-order valence-corrected chi connectivity index (χ4v) is 2.71. The first kappa shape index (κ1) is 20.7. The van der Waals surface area contributed by atoms with Gasteiger partial charge in [0.2, 0.25) is 5.91 Å². The molecule has 0 aliphatic heterocycles. The third-order valence-electron chi connectivity index (χ3n) is 3.91. The third kappa shape index (κ3) is 5.68. The molecule has 0 bridgehead atoms. The van der Waals surface area contributed by atoms with Crippen LogP contribution in [-0.2, 0) is 11.3 Å². The van der Waals surface area contributed by atoms with Crippen LogP contribution in [-0.4, -0.2) is 54.7 Å². The maximum Gasteiger partial charge on any atom is 0.287 e. The second-order valence-electron chi connectivity index (χ2n) is 6.09. The molecule has 7 nitrogen and oxygen atoms in total. The molecule has 2 rings (SSSR count). The molecule has 0 fully saturated rings. The highest BCUT2D eigenvalue weighted by atomic mass is 79.9. The number of carbonyl (C=O) groups excluding carboxylic acids is 3. The number of furan rings is 1. The first-order valence-corrected chi connectivity index (χ1v) is 9.23. The largest absolute Gasteiger partial charge is 0.444 e.